The highest BCUT2D eigenvalue weighted by molar-refractivity contribution is 7.80. The standard InChI is InChI=1S/C11H17NOS.ClH/c1-9(11(12)8-14)13-7-10-5-3-2-4-6-10;/h2-6,9,11,14H,7-8,12H2,1H3;1H/t9-,11-;/m1./s1. The summed E-state index contributed by atoms with van der Waals surface area (Å²) in [6.45, 7) is 2.59. The molecule has 0 saturated heterocycles. The number of benzene rings is 1. The van der Waals surface area contributed by atoms with Gasteiger partial charge in [0.05, 0.1) is 12.7 Å². The molecule has 1 aromatic rings. The second kappa shape index (κ2) is 7.99. The number of hydrogen-bond donors (Lipinski definition) is 2. The molecule has 2 N–H and O–H groups in total. The van der Waals surface area contributed by atoms with Crippen molar-refractivity contribution < 1.29 is 4.74 Å². The zero-order valence-corrected chi connectivity index (χ0v) is 10.5. The molecule has 0 aliphatic heterocycles. The van der Waals surface area contributed by atoms with Crippen LogP contribution in [-0.4, -0.2) is 17.9 Å². The maximum atomic E-state index is 5.78. The third kappa shape index (κ3) is 5.42. The minimum Gasteiger partial charge on any atom is -0.372 e. The van der Waals surface area contributed by atoms with E-state index in [2.05, 4.69) is 12.6 Å². The molecule has 0 radical (unpaired) electrons. The summed E-state index contributed by atoms with van der Waals surface area (Å²) in [7, 11) is 0. The lowest BCUT2D eigenvalue weighted by atomic mass is 10.2. The van der Waals surface area contributed by atoms with Crippen molar-refractivity contribution in [3.05, 3.63) is 35.9 Å². The molecule has 0 amide bonds. The number of rotatable bonds is 5. The van der Waals surface area contributed by atoms with Crippen LogP contribution in [0.2, 0.25) is 0 Å². The molecule has 1 aromatic carbocycles. The van der Waals surface area contributed by atoms with Crippen LogP contribution in [0, 0.1) is 0 Å². The van der Waals surface area contributed by atoms with Gasteiger partial charge in [0, 0.05) is 11.8 Å². The zero-order valence-electron chi connectivity index (χ0n) is 8.80. The van der Waals surface area contributed by atoms with E-state index in [0.29, 0.717) is 12.4 Å². The van der Waals surface area contributed by atoms with Gasteiger partial charge in [-0.05, 0) is 12.5 Å². The van der Waals surface area contributed by atoms with Crippen LogP contribution in [0.15, 0.2) is 30.3 Å². The second-order valence-electron chi connectivity index (χ2n) is 3.35. The molecule has 0 aliphatic rings. The first kappa shape index (κ1) is 14.8. The Morgan fingerprint density at radius 1 is 1.33 bits per heavy atom. The predicted molar refractivity (Wildman–Crippen MR) is 69.8 cm³/mol. The number of thiol groups is 1. The van der Waals surface area contributed by atoms with Gasteiger partial charge in [0.2, 0.25) is 0 Å². The van der Waals surface area contributed by atoms with Crippen LogP contribution in [0.25, 0.3) is 0 Å². The van der Waals surface area contributed by atoms with Crippen molar-refractivity contribution in [1.82, 2.24) is 0 Å². The number of hydrogen-bond acceptors (Lipinski definition) is 3. The molecular weight excluding hydrogens is 230 g/mol. The predicted octanol–water partition coefficient (Wildman–Crippen LogP) is 2.27. The van der Waals surface area contributed by atoms with Gasteiger partial charge < -0.3 is 10.5 Å². The Morgan fingerprint density at radius 3 is 2.47 bits per heavy atom. The van der Waals surface area contributed by atoms with Crippen molar-refractivity contribution in [3.63, 3.8) is 0 Å². The summed E-state index contributed by atoms with van der Waals surface area (Å²) in [5.41, 5.74) is 6.95. The molecule has 15 heavy (non-hydrogen) atoms. The van der Waals surface area contributed by atoms with Crippen molar-refractivity contribution in [1.29, 1.82) is 0 Å². The van der Waals surface area contributed by atoms with Crippen molar-refractivity contribution in [2.45, 2.75) is 25.7 Å². The Balaban J connectivity index is 0.00000196. The molecule has 0 bridgehead atoms. The molecule has 0 unspecified atom stereocenters. The summed E-state index contributed by atoms with van der Waals surface area (Å²) < 4.78 is 5.61. The van der Waals surface area contributed by atoms with E-state index in [4.69, 9.17) is 10.5 Å². The molecule has 0 aliphatic carbocycles. The lowest BCUT2D eigenvalue weighted by Crippen LogP contribution is -2.36. The molecule has 0 aromatic heterocycles. The van der Waals surface area contributed by atoms with Gasteiger partial charge in [0.25, 0.3) is 0 Å². The first-order valence-corrected chi connectivity index (χ1v) is 5.39. The number of nitrogens with two attached hydrogens (primary N) is 1. The summed E-state index contributed by atoms with van der Waals surface area (Å²) in [5.74, 6) is 0.649. The maximum absolute atomic E-state index is 5.78. The molecular formula is C11H18ClNOS. The Bertz CT molecular complexity index is 258. The fourth-order valence-corrected chi connectivity index (χ4v) is 1.37. The molecule has 4 heteroatoms. The number of ether oxygens (including phenoxy) is 1. The van der Waals surface area contributed by atoms with Gasteiger partial charge in [0.1, 0.15) is 0 Å². The van der Waals surface area contributed by atoms with Crippen molar-refractivity contribution in [2.24, 2.45) is 5.73 Å². The minimum absolute atomic E-state index is 0. The van der Waals surface area contributed by atoms with Gasteiger partial charge in [-0.2, -0.15) is 12.6 Å². The van der Waals surface area contributed by atoms with E-state index in [9.17, 15) is 0 Å². The lowest BCUT2D eigenvalue weighted by Gasteiger charge is -2.18. The van der Waals surface area contributed by atoms with Crippen LogP contribution in [0.1, 0.15) is 12.5 Å². The molecule has 0 spiro atoms. The normalized spacial score (nSPS) is 14.1. The average Bonchev–Trinajstić information content (AvgIpc) is 2.26. The van der Waals surface area contributed by atoms with Gasteiger partial charge in [-0.15, -0.1) is 12.4 Å². The highest BCUT2D eigenvalue weighted by Crippen LogP contribution is 2.05. The molecule has 86 valence electrons. The lowest BCUT2D eigenvalue weighted by molar-refractivity contribution is 0.0408. The summed E-state index contributed by atoms with van der Waals surface area (Å²) in [6.07, 6.45) is 0.0488. The van der Waals surface area contributed by atoms with Crippen LogP contribution in [0.5, 0.6) is 0 Å². The molecule has 0 saturated carbocycles. The van der Waals surface area contributed by atoms with E-state index in [1.54, 1.807) is 0 Å². The summed E-state index contributed by atoms with van der Waals surface area (Å²) >= 11 is 4.13. The van der Waals surface area contributed by atoms with Crippen LogP contribution in [0.4, 0.5) is 0 Å². The Morgan fingerprint density at radius 2 is 1.93 bits per heavy atom. The minimum atomic E-state index is 0. The highest BCUT2D eigenvalue weighted by atomic mass is 35.5. The van der Waals surface area contributed by atoms with Gasteiger partial charge >= 0.3 is 0 Å². The summed E-state index contributed by atoms with van der Waals surface area (Å²) in [5, 5.41) is 0. The van der Waals surface area contributed by atoms with Gasteiger partial charge in [-0.3, -0.25) is 0 Å². The molecule has 2 nitrogen and oxygen atoms in total. The molecule has 0 heterocycles. The van der Waals surface area contributed by atoms with Gasteiger partial charge in [-0.1, -0.05) is 30.3 Å². The van der Waals surface area contributed by atoms with Crippen LogP contribution in [-0.2, 0) is 11.3 Å². The monoisotopic (exact) mass is 247 g/mol. The zero-order chi connectivity index (χ0) is 10.4. The first-order valence-electron chi connectivity index (χ1n) is 4.76. The summed E-state index contributed by atoms with van der Waals surface area (Å²) in [6, 6.07) is 10.1. The van der Waals surface area contributed by atoms with Crippen molar-refractivity contribution in [3.8, 4) is 0 Å². The van der Waals surface area contributed by atoms with Crippen LogP contribution < -0.4 is 5.73 Å². The molecule has 1 rings (SSSR count). The van der Waals surface area contributed by atoms with E-state index in [-0.39, 0.29) is 24.6 Å². The fourth-order valence-electron chi connectivity index (χ4n) is 1.07. The molecule has 2 atom stereocenters. The topological polar surface area (TPSA) is 35.2 Å². The quantitative estimate of drug-likeness (QED) is 0.783. The third-order valence-corrected chi connectivity index (χ3v) is 2.59. The maximum Gasteiger partial charge on any atom is 0.0721 e. The largest absolute Gasteiger partial charge is 0.372 e. The fraction of sp³-hybridized carbons (Fsp3) is 0.455. The van der Waals surface area contributed by atoms with E-state index in [1.165, 1.54) is 5.56 Å². The first-order chi connectivity index (χ1) is 6.74. The second-order valence-corrected chi connectivity index (χ2v) is 3.71. The van der Waals surface area contributed by atoms with E-state index in [1.807, 2.05) is 37.3 Å². The summed E-state index contributed by atoms with van der Waals surface area (Å²) in [4.78, 5) is 0. The Kier molecular flexibility index (Phi) is 7.88. The van der Waals surface area contributed by atoms with Crippen molar-refractivity contribution in [2.75, 3.05) is 5.75 Å². The Hall–Kier alpha value is -0.220. The Labute approximate surface area is 103 Å². The number of halogens is 1. The smallest absolute Gasteiger partial charge is 0.0721 e. The van der Waals surface area contributed by atoms with Gasteiger partial charge in [0.15, 0.2) is 0 Å². The SMILES string of the molecule is C[C@@H](OCc1ccccc1)[C@H](N)CS.Cl. The van der Waals surface area contributed by atoms with E-state index in [0.717, 1.165) is 0 Å². The third-order valence-electron chi connectivity index (χ3n) is 2.17. The average molecular weight is 248 g/mol. The van der Waals surface area contributed by atoms with Crippen molar-refractivity contribution >= 4 is 25.0 Å². The molecule has 0 fully saturated rings. The van der Waals surface area contributed by atoms with Crippen LogP contribution >= 0.6 is 25.0 Å². The van der Waals surface area contributed by atoms with E-state index >= 15 is 0 Å². The van der Waals surface area contributed by atoms with Crippen LogP contribution in [0.3, 0.4) is 0 Å². The van der Waals surface area contributed by atoms with E-state index < -0.39 is 0 Å². The van der Waals surface area contributed by atoms with Gasteiger partial charge in [-0.25, -0.2) is 0 Å². The highest BCUT2D eigenvalue weighted by Gasteiger charge is 2.10.